The van der Waals surface area contributed by atoms with E-state index in [9.17, 15) is 5.11 Å². The molecule has 0 spiro atoms. The van der Waals surface area contributed by atoms with Crippen molar-refractivity contribution in [3.63, 3.8) is 0 Å². The third-order valence-electron chi connectivity index (χ3n) is 5.58. The van der Waals surface area contributed by atoms with Crippen LogP contribution < -0.4 is 0 Å². The summed E-state index contributed by atoms with van der Waals surface area (Å²) in [7, 11) is 0. The van der Waals surface area contributed by atoms with Crippen LogP contribution in [0.5, 0.6) is 0 Å². The van der Waals surface area contributed by atoms with E-state index in [1.165, 1.54) is 32.7 Å². The van der Waals surface area contributed by atoms with Gasteiger partial charge in [-0.15, -0.1) is 0 Å². The summed E-state index contributed by atoms with van der Waals surface area (Å²) in [6, 6.07) is 15.6. The molecule has 1 unspecified atom stereocenters. The van der Waals surface area contributed by atoms with Crippen LogP contribution in [0.25, 0.3) is 21.5 Å². The molecule has 0 aliphatic heterocycles. The van der Waals surface area contributed by atoms with E-state index in [4.69, 9.17) is 0 Å². The summed E-state index contributed by atoms with van der Waals surface area (Å²) in [5.41, 5.74) is 3.61. The summed E-state index contributed by atoms with van der Waals surface area (Å²) < 4.78 is 0. The van der Waals surface area contributed by atoms with E-state index < -0.39 is 6.10 Å². The van der Waals surface area contributed by atoms with Gasteiger partial charge in [-0.05, 0) is 70.2 Å². The number of hydrogen-bond donors (Lipinski definition) is 1. The molecule has 0 fully saturated rings. The lowest BCUT2D eigenvalue weighted by Gasteiger charge is -2.23. The molecule has 1 atom stereocenters. The lowest BCUT2D eigenvalue weighted by atomic mass is 9.92. The molecular weight excluding hydrogens is 318 g/mol. The Balaban J connectivity index is 2.11. The number of benzene rings is 3. The molecule has 3 aromatic rings. The maximum Gasteiger partial charge on any atom is 0.0917 e. The van der Waals surface area contributed by atoms with Gasteiger partial charge in [-0.25, -0.2) is 0 Å². The van der Waals surface area contributed by atoms with Crippen LogP contribution >= 0.6 is 0 Å². The lowest BCUT2D eigenvalue weighted by molar-refractivity contribution is 0.119. The Morgan fingerprint density at radius 3 is 2.19 bits per heavy atom. The van der Waals surface area contributed by atoms with Crippen LogP contribution in [0.3, 0.4) is 0 Å². The maximum absolute atomic E-state index is 10.8. The fourth-order valence-electron chi connectivity index (χ4n) is 3.79. The van der Waals surface area contributed by atoms with Crippen LogP contribution in [0.2, 0.25) is 0 Å². The summed E-state index contributed by atoms with van der Waals surface area (Å²) >= 11 is 0. The first-order valence-electron chi connectivity index (χ1n) is 9.81. The Morgan fingerprint density at radius 1 is 0.846 bits per heavy atom. The van der Waals surface area contributed by atoms with Crippen LogP contribution in [0.15, 0.2) is 42.5 Å². The van der Waals surface area contributed by atoms with Gasteiger partial charge in [0.05, 0.1) is 6.10 Å². The first-order chi connectivity index (χ1) is 12.4. The van der Waals surface area contributed by atoms with Gasteiger partial charge in [0.2, 0.25) is 0 Å². The maximum atomic E-state index is 10.8. The van der Waals surface area contributed by atoms with E-state index in [1.54, 1.807) is 0 Å². The largest absolute Gasteiger partial charge is 0.387 e. The molecule has 0 aromatic heterocycles. The molecule has 26 heavy (non-hydrogen) atoms. The molecule has 1 N–H and O–H groups in total. The van der Waals surface area contributed by atoms with Gasteiger partial charge in [-0.3, -0.25) is 0 Å². The molecule has 3 aromatic carbocycles. The Bertz CT molecular complexity index is 909. The summed E-state index contributed by atoms with van der Waals surface area (Å²) in [5, 5.41) is 15.8. The number of nitrogens with zero attached hydrogens (tertiary/aromatic N) is 1. The summed E-state index contributed by atoms with van der Waals surface area (Å²) in [6.45, 7) is 13.5. The zero-order chi connectivity index (χ0) is 18.8. The predicted molar refractivity (Wildman–Crippen MR) is 113 cm³/mol. The van der Waals surface area contributed by atoms with E-state index in [0.29, 0.717) is 12.5 Å². The Hall–Kier alpha value is -1.90. The predicted octanol–water partition coefficient (Wildman–Crippen LogP) is 5.80. The molecular formula is C24H31NO. The highest BCUT2D eigenvalue weighted by Crippen LogP contribution is 2.32. The molecule has 0 saturated carbocycles. The highest BCUT2D eigenvalue weighted by Gasteiger charge is 2.14. The van der Waals surface area contributed by atoms with Crippen molar-refractivity contribution >= 4 is 21.5 Å². The standard InChI is InChI=1S/C24H31NO/c1-6-25(7-2)15-24(26)20-12-17(5)21-10-9-19-13-18(16(3)4)8-11-22(19)23(21)14-20/h8-14,16,24,26H,6-7,15H2,1-5H3. The van der Waals surface area contributed by atoms with Crippen molar-refractivity contribution in [2.45, 2.75) is 46.6 Å². The lowest BCUT2D eigenvalue weighted by Crippen LogP contribution is -2.28. The minimum absolute atomic E-state index is 0.455. The van der Waals surface area contributed by atoms with Crippen LogP contribution in [0.1, 0.15) is 56.4 Å². The number of aliphatic hydroxyl groups excluding tert-OH is 1. The van der Waals surface area contributed by atoms with E-state index in [2.05, 4.69) is 82.0 Å². The van der Waals surface area contributed by atoms with Crippen LogP contribution in [-0.4, -0.2) is 29.6 Å². The second-order valence-corrected chi connectivity index (χ2v) is 7.64. The highest BCUT2D eigenvalue weighted by atomic mass is 16.3. The van der Waals surface area contributed by atoms with Gasteiger partial charge < -0.3 is 10.0 Å². The van der Waals surface area contributed by atoms with Gasteiger partial charge in [0.15, 0.2) is 0 Å². The quantitative estimate of drug-likeness (QED) is 0.569. The normalized spacial score (nSPS) is 13.2. The first-order valence-corrected chi connectivity index (χ1v) is 9.81. The van der Waals surface area contributed by atoms with Crippen LogP contribution in [-0.2, 0) is 0 Å². The van der Waals surface area contributed by atoms with Crippen molar-refractivity contribution in [2.24, 2.45) is 0 Å². The number of hydrogen-bond acceptors (Lipinski definition) is 2. The molecule has 0 saturated heterocycles. The van der Waals surface area contributed by atoms with E-state index in [0.717, 1.165) is 18.7 Å². The molecule has 0 amide bonds. The molecule has 0 heterocycles. The third kappa shape index (κ3) is 3.62. The van der Waals surface area contributed by atoms with Crippen molar-refractivity contribution < 1.29 is 5.11 Å². The minimum Gasteiger partial charge on any atom is -0.387 e. The van der Waals surface area contributed by atoms with Gasteiger partial charge >= 0.3 is 0 Å². The van der Waals surface area contributed by atoms with Crippen LogP contribution in [0.4, 0.5) is 0 Å². The van der Waals surface area contributed by atoms with Crippen molar-refractivity contribution in [3.05, 3.63) is 59.2 Å². The zero-order valence-electron chi connectivity index (χ0n) is 16.7. The molecule has 2 nitrogen and oxygen atoms in total. The average molecular weight is 350 g/mol. The Morgan fingerprint density at radius 2 is 1.54 bits per heavy atom. The van der Waals surface area contributed by atoms with Gasteiger partial charge in [-0.1, -0.05) is 64.1 Å². The zero-order valence-corrected chi connectivity index (χ0v) is 16.7. The number of aliphatic hydroxyl groups is 1. The van der Waals surface area contributed by atoms with Crippen LogP contribution in [0, 0.1) is 6.92 Å². The van der Waals surface area contributed by atoms with Gasteiger partial charge in [0.25, 0.3) is 0 Å². The second kappa shape index (κ2) is 7.77. The summed E-state index contributed by atoms with van der Waals surface area (Å²) in [6.07, 6.45) is -0.455. The minimum atomic E-state index is -0.455. The van der Waals surface area contributed by atoms with Crippen molar-refractivity contribution in [2.75, 3.05) is 19.6 Å². The number of fused-ring (bicyclic) bond motifs is 3. The van der Waals surface area contributed by atoms with E-state index in [-0.39, 0.29) is 0 Å². The molecule has 3 rings (SSSR count). The first kappa shape index (κ1) is 18.9. The Kier molecular flexibility index (Phi) is 5.64. The number of likely N-dealkylation sites (N-methyl/N-ethyl adjacent to an activating group) is 1. The number of aryl methyl sites for hydroxylation is 1. The van der Waals surface area contributed by atoms with Crippen molar-refractivity contribution in [3.8, 4) is 0 Å². The van der Waals surface area contributed by atoms with Gasteiger partial charge in [-0.2, -0.15) is 0 Å². The van der Waals surface area contributed by atoms with Gasteiger partial charge in [0, 0.05) is 6.54 Å². The second-order valence-electron chi connectivity index (χ2n) is 7.64. The van der Waals surface area contributed by atoms with Crippen molar-refractivity contribution in [1.29, 1.82) is 0 Å². The summed E-state index contributed by atoms with van der Waals surface area (Å²) in [4.78, 5) is 2.27. The molecule has 0 aliphatic carbocycles. The Labute approximate surface area is 157 Å². The molecule has 0 aliphatic rings. The average Bonchev–Trinajstić information content (AvgIpc) is 2.64. The fraction of sp³-hybridized carbons (Fsp3) is 0.417. The molecule has 0 bridgehead atoms. The van der Waals surface area contributed by atoms with Gasteiger partial charge in [0.1, 0.15) is 0 Å². The topological polar surface area (TPSA) is 23.5 Å². The molecule has 0 radical (unpaired) electrons. The smallest absolute Gasteiger partial charge is 0.0917 e. The summed E-state index contributed by atoms with van der Waals surface area (Å²) in [5.74, 6) is 0.527. The molecule has 138 valence electrons. The monoisotopic (exact) mass is 349 g/mol. The highest BCUT2D eigenvalue weighted by molar-refractivity contribution is 6.08. The van der Waals surface area contributed by atoms with Crippen molar-refractivity contribution in [1.82, 2.24) is 4.90 Å². The van der Waals surface area contributed by atoms with E-state index >= 15 is 0 Å². The number of rotatable bonds is 6. The molecule has 2 heteroatoms. The SMILES string of the molecule is CCN(CC)CC(O)c1cc(C)c2ccc3cc(C(C)C)ccc3c2c1. The fourth-order valence-corrected chi connectivity index (χ4v) is 3.79. The van der Waals surface area contributed by atoms with E-state index in [1.807, 2.05) is 0 Å². The third-order valence-corrected chi connectivity index (χ3v) is 5.58.